The van der Waals surface area contributed by atoms with E-state index in [9.17, 15) is 0 Å². The number of nitrogens with zero attached hydrogens (tertiary/aromatic N) is 2. The Hall–Kier alpha value is -0.870. The van der Waals surface area contributed by atoms with E-state index in [2.05, 4.69) is 9.97 Å². The van der Waals surface area contributed by atoms with E-state index in [0.29, 0.717) is 30.1 Å². The first kappa shape index (κ1) is 16.2. The van der Waals surface area contributed by atoms with Gasteiger partial charge in [0.15, 0.2) is 0 Å². The van der Waals surface area contributed by atoms with Crippen molar-refractivity contribution in [3.8, 4) is 5.88 Å². The number of aromatic nitrogens is 2. The quantitative estimate of drug-likeness (QED) is 0.611. The minimum Gasteiger partial charge on any atom is -0.475 e. The summed E-state index contributed by atoms with van der Waals surface area (Å²) in [5.74, 6) is 1.45. The van der Waals surface area contributed by atoms with Crippen LogP contribution < -0.4 is 4.74 Å². The Morgan fingerprint density at radius 3 is 2.32 bits per heavy atom. The third-order valence-electron chi connectivity index (χ3n) is 2.43. The highest BCUT2D eigenvalue weighted by Gasteiger charge is 2.14. The number of hydrogen-bond acceptors (Lipinski definition) is 4. The van der Waals surface area contributed by atoms with Gasteiger partial charge < -0.3 is 9.47 Å². The Morgan fingerprint density at radius 1 is 1.16 bits per heavy atom. The van der Waals surface area contributed by atoms with Gasteiger partial charge in [-0.3, -0.25) is 0 Å². The van der Waals surface area contributed by atoms with Crippen molar-refractivity contribution in [2.75, 3.05) is 13.2 Å². The maximum atomic E-state index is 6.09. The first-order chi connectivity index (χ1) is 8.70. The van der Waals surface area contributed by atoms with Crippen molar-refractivity contribution in [2.24, 2.45) is 0 Å². The van der Waals surface area contributed by atoms with E-state index in [1.165, 1.54) is 0 Å². The molecule has 1 rings (SSSR count). The van der Waals surface area contributed by atoms with Crippen LogP contribution in [0.15, 0.2) is 0 Å². The molecule has 108 valence electrons. The molecule has 0 unspecified atom stereocenters. The van der Waals surface area contributed by atoms with E-state index in [4.69, 9.17) is 21.1 Å². The van der Waals surface area contributed by atoms with Crippen molar-refractivity contribution in [1.82, 2.24) is 9.97 Å². The molecule has 0 aliphatic heterocycles. The van der Waals surface area contributed by atoms with Gasteiger partial charge in [0.2, 0.25) is 5.88 Å². The zero-order valence-electron chi connectivity index (χ0n) is 12.6. The summed E-state index contributed by atoms with van der Waals surface area (Å²) in [7, 11) is 0. The summed E-state index contributed by atoms with van der Waals surface area (Å²) >= 11 is 6.09. The standard InChI is InChI=1S/C14H23ClN2O2/c1-9(2)12-16-11(15)10(3)13(17-12)18-7-8-19-14(4,5)6/h9H,7-8H2,1-6H3. The molecular formula is C14H23ClN2O2. The highest BCUT2D eigenvalue weighted by atomic mass is 35.5. The van der Waals surface area contributed by atoms with Crippen LogP contribution in [0.25, 0.3) is 0 Å². The van der Waals surface area contributed by atoms with E-state index in [-0.39, 0.29) is 11.5 Å². The van der Waals surface area contributed by atoms with Gasteiger partial charge in [0.05, 0.1) is 12.2 Å². The monoisotopic (exact) mass is 286 g/mol. The summed E-state index contributed by atoms with van der Waals surface area (Å²) in [6.45, 7) is 12.9. The van der Waals surface area contributed by atoms with Crippen molar-refractivity contribution in [3.63, 3.8) is 0 Å². The second kappa shape index (κ2) is 6.53. The molecule has 19 heavy (non-hydrogen) atoms. The molecule has 1 aromatic heterocycles. The maximum absolute atomic E-state index is 6.09. The van der Waals surface area contributed by atoms with Crippen LogP contribution in [0.2, 0.25) is 5.15 Å². The van der Waals surface area contributed by atoms with Crippen LogP contribution in [0.4, 0.5) is 0 Å². The van der Waals surface area contributed by atoms with Gasteiger partial charge in [-0.2, -0.15) is 4.98 Å². The van der Waals surface area contributed by atoms with Crippen molar-refractivity contribution < 1.29 is 9.47 Å². The minimum atomic E-state index is -0.162. The average molecular weight is 287 g/mol. The Labute approximate surface area is 120 Å². The lowest BCUT2D eigenvalue weighted by molar-refractivity contribution is -0.0169. The van der Waals surface area contributed by atoms with Gasteiger partial charge in [-0.1, -0.05) is 25.4 Å². The van der Waals surface area contributed by atoms with Gasteiger partial charge in [-0.15, -0.1) is 0 Å². The molecule has 0 amide bonds. The number of hydrogen-bond donors (Lipinski definition) is 0. The predicted octanol–water partition coefficient (Wildman–Crippen LogP) is 3.76. The molecule has 0 atom stereocenters. The Bertz CT molecular complexity index is 428. The lowest BCUT2D eigenvalue weighted by atomic mass is 10.2. The van der Waals surface area contributed by atoms with Gasteiger partial charge in [-0.25, -0.2) is 4.98 Å². The van der Waals surface area contributed by atoms with E-state index >= 15 is 0 Å². The van der Waals surface area contributed by atoms with Crippen LogP contribution in [-0.4, -0.2) is 28.8 Å². The molecule has 0 saturated carbocycles. The molecule has 0 radical (unpaired) electrons. The van der Waals surface area contributed by atoms with Crippen molar-refractivity contribution in [1.29, 1.82) is 0 Å². The molecular weight excluding hydrogens is 264 g/mol. The highest BCUT2D eigenvalue weighted by molar-refractivity contribution is 6.30. The van der Waals surface area contributed by atoms with Crippen molar-refractivity contribution >= 4 is 11.6 Å². The van der Waals surface area contributed by atoms with E-state index < -0.39 is 0 Å². The minimum absolute atomic E-state index is 0.162. The fourth-order valence-electron chi connectivity index (χ4n) is 1.37. The summed E-state index contributed by atoms with van der Waals surface area (Å²) in [4.78, 5) is 8.64. The van der Waals surface area contributed by atoms with E-state index in [1.54, 1.807) is 0 Å². The summed E-state index contributed by atoms with van der Waals surface area (Å²) < 4.78 is 11.2. The summed E-state index contributed by atoms with van der Waals surface area (Å²) in [5, 5.41) is 0.449. The van der Waals surface area contributed by atoms with Gasteiger partial charge in [-0.05, 0) is 27.7 Å². The molecule has 1 aromatic rings. The molecule has 1 heterocycles. The fraction of sp³-hybridized carbons (Fsp3) is 0.714. The topological polar surface area (TPSA) is 44.2 Å². The van der Waals surface area contributed by atoms with E-state index in [0.717, 1.165) is 5.56 Å². The molecule has 0 bridgehead atoms. The van der Waals surface area contributed by atoms with Crippen molar-refractivity contribution in [3.05, 3.63) is 16.5 Å². The summed E-state index contributed by atoms with van der Waals surface area (Å²) in [5.41, 5.74) is 0.604. The van der Waals surface area contributed by atoms with Gasteiger partial charge in [0.1, 0.15) is 17.6 Å². The first-order valence-electron chi connectivity index (χ1n) is 6.51. The maximum Gasteiger partial charge on any atom is 0.221 e. The summed E-state index contributed by atoms with van der Waals surface area (Å²) in [6.07, 6.45) is 0. The van der Waals surface area contributed by atoms with Crippen LogP contribution in [-0.2, 0) is 4.74 Å². The van der Waals surface area contributed by atoms with Crippen LogP contribution >= 0.6 is 11.6 Å². The SMILES string of the molecule is Cc1c(Cl)nc(C(C)C)nc1OCCOC(C)(C)C. The third kappa shape index (κ3) is 5.33. The molecule has 0 N–H and O–H groups in total. The average Bonchev–Trinajstić information content (AvgIpc) is 2.27. The smallest absolute Gasteiger partial charge is 0.221 e. The third-order valence-corrected chi connectivity index (χ3v) is 2.80. The van der Waals surface area contributed by atoms with Gasteiger partial charge in [0, 0.05) is 11.5 Å². The predicted molar refractivity (Wildman–Crippen MR) is 77.1 cm³/mol. The van der Waals surface area contributed by atoms with Gasteiger partial charge in [0.25, 0.3) is 0 Å². The highest BCUT2D eigenvalue weighted by Crippen LogP contribution is 2.24. The van der Waals surface area contributed by atoms with Gasteiger partial charge >= 0.3 is 0 Å². The summed E-state index contributed by atoms with van der Waals surface area (Å²) in [6, 6.07) is 0. The molecule has 0 aliphatic carbocycles. The van der Waals surface area contributed by atoms with E-state index in [1.807, 2.05) is 41.5 Å². The Morgan fingerprint density at radius 2 is 1.79 bits per heavy atom. The lowest BCUT2D eigenvalue weighted by Gasteiger charge is -2.19. The largest absolute Gasteiger partial charge is 0.475 e. The fourth-order valence-corrected chi connectivity index (χ4v) is 1.54. The Balaban J connectivity index is 2.67. The second-order valence-corrected chi connectivity index (χ2v) is 6.12. The van der Waals surface area contributed by atoms with Crippen LogP contribution in [0.5, 0.6) is 5.88 Å². The first-order valence-corrected chi connectivity index (χ1v) is 6.89. The zero-order valence-corrected chi connectivity index (χ0v) is 13.3. The number of rotatable bonds is 5. The number of halogens is 1. The van der Waals surface area contributed by atoms with Crippen LogP contribution in [0.1, 0.15) is 51.9 Å². The second-order valence-electron chi connectivity index (χ2n) is 5.77. The molecule has 0 saturated heterocycles. The molecule has 4 nitrogen and oxygen atoms in total. The van der Waals surface area contributed by atoms with Crippen molar-refractivity contribution in [2.45, 2.75) is 53.1 Å². The zero-order chi connectivity index (χ0) is 14.6. The molecule has 5 heteroatoms. The Kier molecular flexibility index (Phi) is 5.56. The molecule has 0 fully saturated rings. The molecule has 0 aromatic carbocycles. The lowest BCUT2D eigenvalue weighted by Crippen LogP contribution is -2.22. The van der Waals surface area contributed by atoms with Crippen LogP contribution in [0.3, 0.4) is 0 Å². The normalized spacial score (nSPS) is 12.0. The number of ether oxygens (including phenoxy) is 2. The molecule has 0 spiro atoms. The molecule has 0 aliphatic rings. The van der Waals surface area contributed by atoms with Crippen LogP contribution in [0, 0.1) is 6.92 Å².